The minimum atomic E-state index is 0.0107. The number of hydrogen-bond donors (Lipinski definition) is 1. The molecule has 2 heterocycles. The van der Waals surface area contributed by atoms with E-state index in [1.165, 1.54) is 0 Å². The molecule has 0 unspecified atom stereocenters. The van der Waals surface area contributed by atoms with Gasteiger partial charge in [-0.2, -0.15) is 0 Å². The highest BCUT2D eigenvalue weighted by atomic mass is 16.3. The molecule has 0 radical (unpaired) electrons. The van der Waals surface area contributed by atoms with Crippen molar-refractivity contribution in [3.63, 3.8) is 0 Å². The molecule has 0 saturated heterocycles. The van der Waals surface area contributed by atoms with Gasteiger partial charge in [0.1, 0.15) is 5.75 Å². The summed E-state index contributed by atoms with van der Waals surface area (Å²) in [6.45, 7) is 5.36. The largest absolute Gasteiger partial charge is 0.508 e. The summed E-state index contributed by atoms with van der Waals surface area (Å²) >= 11 is 0. The molecule has 5 heteroatoms. The minimum Gasteiger partial charge on any atom is -0.508 e. The van der Waals surface area contributed by atoms with Gasteiger partial charge >= 0.3 is 0 Å². The molecular weight excluding hydrogens is 266 g/mol. The zero-order valence-electron chi connectivity index (χ0n) is 12.3. The summed E-state index contributed by atoms with van der Waals surface area (Å²) in [5.41, 5.74) is 2.77. The van der Waals surface area contributed by atoms with Crippen LogP contribution in [-0.2, 0) is 6.67 Å². The van der Waals surface area contributed by atoms with Gasteiger partial charge in [-0.05, 0) is 37.6 Å². The van der Waals surface area contributed by atoms with Crippen molar-refractivity contribution in [3.05, 3.63) is 35.8 Å². The summed E-state index contributed by atoms with van der Waals surface area (Å²) in [6, 6.07) is 7.01. The molecule has 1 amide bonds. The number of aryl methyl sites for hydroxylation is 1. The maximum absolute atomic E-state index is 12.4. The van der Waals surface area contributed by atoms with Crippen LogP contribution in [0.5, 0.6) is 5.75 Å². The third-order valence-electron chi connectivity index (χ3n) is 3.85. The van der Waals surface area contributed by atoms with Crippen molar-refractivity contribution in [1.82, 2.24) is 14.5 Å². The number of imidazole rings is 1. The average molecular weight is 285 g/mol. The van der Waals surface area contributed by atoms with Gasteiger partial charge in [-0.3, -0.25) is 4.79 Å². The van der Waals surface area contributed by atoms with Gasteiger partial charge in [-0.25, -0.2) is 4.98 Å². The number of rotatable bonds is 4. The van der Waals surface area contributed by atoms with Crippen molar-refractivity contribution in [2.45, 2.75) is 33.4 Å². The molecule has 21 heavy (non-hydrogen) atoms. The molecule has 0 bridgehead atoms. The van der Waals surface area contributed by atoms with Gasteiger partial charge < -0.3 is 14.6 Å². The van der Waals surface area contributed by atoms with Crippen LogP contribution < -0.4 is 0 Å². The molecule has 0 atom stereocenters. The average Bonchev–Trinajstić information content (AvgIpc) is 2.94. The molecule has 2 aromatic rings. The first-order valence-corrected chi connectivity index (χ1v) is 7.27. The van der Waals surface area contributed by atoms with Crippen LogP contribution in [0.15, 0.2) is 24.3 Å². The number of fused-ring (bicyclic) bond motifs is 1. The van der Waals surface area contributed by atoms with Crippen molar-refractivity contribution in [3.8, 4) is 17.0 Å². The van der Waals surface area contributed by atoms with Gasteiger partial charge in [0.2, 0.25) is 5.82 Å². The number of benzene rings is 1. The third-order valence-corrected chi connectivity index (χ3v) is 3.85. The van der Waals surface area contributed by atoms with Crippen LogP contribution in [0.4, 0.5) is 0 Å². The second kappa shape index (κ2) is 5.24. The number of phenolic OH excluding ortho intramolecular Hbond substituents is 1. The standard InChI is InChI=1S/C16H19N3O2/c1-3-4-9-18-10-19-14(11(2)17-15(19)16(18)21)12-5-7-13(20)8-6-12/h5-8,20H,3-4,9-10H2,1-2H3. The Morgan fingerprint density at radius 3 is 2.67 bits per heavy atom. The molecule has 1 N–H and O–H groups in total. The summed E-state index contributed by atoms with van der Waals surface area (Å²) in [7, 11) is 0. The molecule has 1 aliphatic rings. The van der Waals surface area contributed by atoms with Crippen molar-refractivity contribution in [1.29, 1.82) is 0 Å². The van der Waals surface area contributed by atoms with E-state index in [1.807, 2.05) is 28.5 Å². The smallest absolute Gasteiger partial charge is 0.291 e. The summed E-state index contributed by atoms with van der Waals surface area (Å²) in [6.07, 6.45) is 2.07. The van der Waals surface area contributed by atoms with Crippen LogP contribution in [0.3, 0.4) is 0 Å². The minimum absolute atomic E-state index is 0.0107. The van der Waals surface area contributed by atoms with Crippen LogP contribution in [0, 0.1) is 6.92 Å². The second-order valence-electron chi connectivity index (χ2n) is 5.41. The van der Waals surface area contributed by atoms with E-state index in [-0.39, 0.29) is 11.7 Å². The van der Waals surface area contributed by atoms with Gasteiger partial charge in [0, 0.05) is 12.1 Å². The van der Waals surface area contributed by atoms with Gasteiger partial charge in [0.25, 0.3) is 5.91 Å². The fourth-order valence-corrected chi connectivity index (χ4v) is 2.76. The summed E-state index contributed by atoms with van der Waals surface area (Å²) < 4.78 is 1.97. The van der Waals surface area contributed by atoms with E-state index in [4.69, 9.17) is 0 Å². The lowest BCUT2D eigenvalue weighted by Crippen LogP contribution is -2.26. The van der Waals surface area contributed by atoms with Crippen molar-refractivity contribution < 1.29 is 9.90 Å². The predicted octanol–water partition coefficient (Wildman–Crippen LogP) is 2.78. The molecule has 1 aliphatic heterocycles. The van der Waals surface area contributed by atoms with E-state index < -0.39 is 0 Å². The highest BCUT2D eigenvalue weighted by Crippen LogP contribution is 2.30. The molecule has 110 valence electrons. The molecule has 5 nitrogen and oxygen atoms in total. The summed E-state index contributed by atoms with van der Waals surface area (Å²) in [4.78, 5) is 18.6. The summed E-state index contributed by atoms with van der Waals surface area (Å²) in [5.74, 6) is 0.765. The molecule has 0 spiro atoms. The third kappa shape index (κ3) is 2.28. The topological polar surface area (TPSA) is 58.4 Å². The molecule has 0 saturated carbocycles. The fourth-order valence-electron chi connectivity index (χ4n) is 2.76. The molecular formula is C16H19N3O2. The number of aromatic hydroxyl groups is 1. The van der Waals surface area contributed by atoms with E-state index >= 15 is 0 Å². The maximum atomic E-state index is 12.4. The van der Waals surface area contributed by atoms with Crippen LogP contribution in [0.25, 0.3) is 11.3 Å². The first kappa shape index (κ1) is 13.7. The molecule has 3 rings (SSSR count). The lowest BCUT2D eigenvalue weighted by molar-refractivity contribution is 0.0763. The first-order valence-electron chi connectivity index (χ1n) is 7.27. The molecule has 1 aromatic carbocycles. The van der Waals surface area contributed by atoms with Crippen molar-refractivity contribution in [2.75, 3.05) is 6.54 Å². The zero-order chi connectivity index (χ0) is 15.0. The number of unbranched alkanes of at least 4 members (excludes halogenated alkanes) is 1. The van der Waals surface area contributed by atoms with Crippen LogP contribution >= 0.6 is 0 Å². The van der Waals surface area contributed by atoms with Crippen LogP contribution in [0.2, 0.25) is 0 Å². The highest BCUT2D eigenvalue weighted by molar-refractivity contribution is 5.94. The number of amides is 1. The number of carbonyl (C=O) groups is 1. The normalized spacial score (nSPS) is 13.8. The lowest BCUT2D eigenvalue weighted by atomic mass is 10.1. The quantitative estimate of drug-likeness (QED) is 0.939. The Hall–Kier alpha value is -2.30. The van der Waals surface area contributed by atoms with E-state index in [1.54, 1.807) is 12.1 Å². The predicted molar refractivity (Wildman–Crippen MR) is 80.0 cm³/mol. The monoisotopic (exact) mass is 285 g/mol. The molecule has 1 aromatic heterocycles. The van der Waals surface area contributed by atoms with Crippen molar-refractivity contribution in [2.24, 2.45) is 0 Å². The summed E-state index contributed by atoms with van der Waals surface area (Å²) in [5, 5.41) is 9.41. The number of hydrogen-bond acceptors (Lipinski definition) is 3. The Morgan fingerprint density at radius 2 is 2.00 bits per heavy atom. The lowest BCUT2D eigenvalue weighted by Gasteiger charge is -2.15. The van der Waals surface area contributed by atoms with E-state index in [0.29, 0.717) is 12.5 Å². The SMILES string of the molecule is CCCCN1Cn2c(nc(C)c2-c2ccc(O)cc2)C1=O. The van der Waals surface area contributed by atoms with Gasteiger partial charge in [0.05, 0.1) is 18.1 Å². The number of aromatic nitrogens is 2. The number of nitrogens with zero attached hydrogens (tertiary/aromatic N) is 3. The second-order valence-corrected chi connectivity index (χ2v) is 5.41. The van der Waals surface area contributed by atoms with E-state index in [0.717, 1.165) is 36.3 Å². The molecule has 0 aliphatic carbocycles. The Balaban J connectivity index is 1.97. The first-order chi connectivity index (χ1) is 10.1. The fraction of sp³-hybridized carbons (Fsp3) is 0.375. The Labute approximate surface area is 123 Å². The highest BCUT2D eigenvalue weighted by Gasteiger charge is 2.32. The number of carbonyl (C=O) groups excluding carboxylic acids is 1. The van der Waals surface area contributed by atoms with Crippen LogP contribution in [0.1, 0.15) is 36.1 Å². The van der Waals surface area contributed by atoms with Gasteiger partial charge in [0.15, 0.2) is 0 Å². The van der Waals surface area contributed by atoms with Gasteiger partial charge in [-0.1, -0.05) is 13.3 Å². The Kier molecular flexibility index (Phi) is 3.41. The van der Waals surface area contributed by atoms with E-state index in [2.05, 4.69) is 11.9 Å². The molecule has 0 fully saturated rings. The zero-order valence-corrected chi connectivity index (χ0v) is 12.3. The van der Waals surface area contributed by atoms with Crippen molar-refractivity contribution >= 4 is 5.91 Å². The van der Waals surface area contributed by atoms with Gasteiger partial charge in [-0.15, -0.1) is 0 Å². The Morgan fingerprint density at radius 1 is 1.29 bits per heavy atom. The van der Waals surface area contributed by atoms with Crippen LogP contribution in [-0.4, -0.2) is 32.0 Å². The van der Waals surface area contributed by atoms with E-state index in [9.17, 15) is 9.90 Å². The Bertz CT molecular complexity index is 674. The number of phenols is 1. The maximum Gasteiger partial charge on any atom is 0.291 e.